The van der Waals surface area contributed by atoms with Crippen LogP contribution in [0.5, 0.6) is 17.4 Å². The number of aryl methyl sites for hydroxylation is 1. The highest BCUT2D eigenvalue weighted by molar-refractivity contribution is 7.91. The summed E-state index contributed by atoms with van der Waals surface area (Å²) in [6.45, 7) is 8.19. The summed E-state index contributed by atoms with van der Waals surface area (Å²) in [4.78, 5) is 62.6. The molecule has 7 rings (SSSR count). The second kappa shape index (κ2) is 16.7. The lowest BCUT2D eigenvalue weighted by atomic mass is 9.83. The molecular weight excluding hydrogens is 755 g/mol. The van der Waals surface area contributed by atoms with Crippen molar-refractivity contribution in [3.63, 3.8) is 0 Å². The molecule has 2 aliphatic heterocycles. The second-order valence-electron chi connectivity index (χ2n) is 16.4. The Kier molecular flexibility index (Phi) is 11.9. The third-order valence-corrected chi connectivity index (χ3v) is 14.0. The van der Waals surface area contributed by atoms with Crippen LogP contribution < -0.4 is 29.6 Å². The zero-order valence-corrected chi connectivity index (χ0v) is 33.9. The molecular formula is C41H55N5O10S. The summed E-state index contributed by atoms with van der Waals surface area (Å²) in [7, 11) is -2.30. The first-order chi connectivity index (χ1) is 27.3. The number of hydrogen-bond donors (Lipinski definition) is 3. The number of nitrogens with one attached hydrogen (secondary N) is 3. The minimum Gasteiger partial charge on any atom is -0.496 e. The number of amides is 4. The number of carbonyl (C=O) groups excluding carboxylic acids is 4. The maximum atomic E-state index is 14.9. The van der Waals surface area contributed by atoms with Gasteiger partial charge in [0.2, 0.25) is 27.7 Å². The second-order valence-corrected chi connectivity index (χ2v) is 18.3. The molecule has 16 heteroatoms. The Morgan fingerprint density at radius 3 is 2.56 bits per heavy atom. The molecule has 6 atom stereocenters. The van der Waals surface area contributed by atoms with Crippen molar-refractivity contribution in [1.29, 1.82) is 0 Å². The van der Waals surface area contributed by atoms with Crippen LogP contribution in [0.2, 0.25) is 0 Å². The van der Waals surface area contributed by atoms with Crippen LogP contribution in [0, 0.1) is 17.8 Å². The first-order valence-electron chi connectivity index (χ1n) is 20.4. The number of cyclic esters (lactones) is 1. The van der Waals surface area contributed by atoms with Gasteiger partial charge in [0.15, 0.2) is 0 Å². The number of methoxy groups -OCH3 is 1. The number of ether oxygens (including phenoxy) is 4. The quantitative estimate of drug-likeness (QED) is 0.290. The zero-order valence-electron chi connectivity index (χ0n) is 33.0. The average molecular weight is 810 g/mol. The monoisotopic (exact) mass is 809 g/mol. The van der Waals surface area contributed by atoms with Crippen molar-refractivity contribution in [2.45, 2.75) is 120 Å². The van der Waals surface area contributed by atoms with Crippen LogP contribution in [0.3, 0.4) is 0 Å². The van der Waals surface area contributed by atoms with Crippen LogP contribution in [0.15, 0.2) is 30.9 Å². The molecule has 15 nitrogen and oxygen atoms in total. The van der Waals surface area contributed by atoms with Crippen LogP contribution in [-0.4, -0.2) is 98.0 Å². The topological polar surface area (TPSA) is 192 Å². The number of aromatic nitrogens is 1. The first kappa shape index (κ1) is 40.6. The molecule has 0 spiro atoms. The fraction of sp³-hybridized carbons (Fsp3) is 0.634. The van der Waals surface area contributed by atoms with Crippen LogP contribution in [-0.2, 0) is 35.6 Å². The number of pyridine rings is 1. The fourth-order valence-corrected chi connectivity index (χ4v) is 10.0. The molecule has 2 aromatic rings. The summed E-state index contributed by atoms with van der Waals surface area (Å²) in [5.74, 6) is -1.12. The fourth-order valence-electron chi connectivity index (χ4n) is 8.66. The van der Waals surface area contributed by atoms with Crippen molar-refractivity contribution in [2.24, 2.45) is 17.8 Å². The lowest BCUT2D eigenvalue weighted by Crippen LogP contribution is -2.59. The van der Waals surface area contributed by atoms with Crippen molar-refractivity contribution < 1.29 is 46.5 Å². The number of sulfonamides is 1. The van der Waals surface area contributed by atoms with E-state index in [-0.39, 0.29) is 37.8 Å². The smallest absolute Gasteiger partial charge is 0.407 e. The van der Waals surface area contributed by atoms with E-state index >= 15 is 0 Å². The lowest BCUT2D eigenvalue weighted by Gasteiger charge is -2.34. The Bertz CT molecular complexity index is 2000. The summed E-state index contributed by atoms with van der Waals surface area (Å²) < 4.78 is 51.8. The Morgan fingerprint density at radius 2 is 1.88 bits per heavy atom. The molecule has 0 radical (unpaired) electrons. The van der Waals surface area contributed by atoms with E-state index in [1.54, 1.807) is 13.2 Å². The molecule has 1 aromatic carbocycles. The van der Waals surface area contributed by atoms with Gasteiger partial charge in [0.25, 0.3) is 5.91 Å². The standard InChI is InChI=1S/C41H55N5O10S/c1-5-27-21-41(27,39(49)45-57(51,52)29-15-16-29)44-37(47)32-18-28-22-46(32)38(48)36(25-12-8-7-9-13-25)43-40(50)55-23-24(3)11-10-14-26-17-30-31(19-33(26)53-4)42-35(54-6-2)20-34(30)56-28/h5,17,19-20,24-25,27-29,32,36H,1,6-16,18,21-23H2,2-4H3,(H,43,50)(H,44,47)(H,45,49)/t24-,27-,28-,32+,36+,41-/m1/s1. The number of rotatable bonds is 10. The number of nitrogens with zero attached hydrogens (tertiary/aromatic N) is 2. The van der Waals surface area contributed by atoms with Gasteiger partial charge in [-0.25, -0.2) is 18.2 Å². The number of fused-ring (bicyclic) bond motifs is 3. The van der Waals surface area contributed by atoms with E-state index in [1.165, 1.54) is 11.0 Å². The van der Waals surface area contributed by atoms with E-state index < -0.39 is 68.7 Å². The molecule has 4 amide bonds. The van der Waals surface area contributed by atoms with E-state index in [2.05, 4.69) is 21.9 Å². The highest BCUT2D eigenvalue weighted by Crippen LogP contribution is 2.46. The van der Waals surface area contributed by atoms with Gasteiger partial charge in [-0.05, 0) is 81.8 Å². The number of hydrogen-bond acceptors (Lipinski definition) is 11. The molecule has 310 valence electrons. The summed E-state index contributed by atoms with van der Waals surface area (Å²) >= 11 is 0. The molecule has 1 saturated heterocycles. The minimum absolute atomic E-state index is 0.00909. The van der Waals surface area contributed by atoms with Crippen molar-refractivity contribution in [3.05, 3.63) is 36.4 Å². The predicted octanol–water partition coefficient (Wildman–Crippen LogP) is 4.31. The van der Waals surface area contributed by atoms with Gasteiger partial charge in [-0.3, -0.25) is 19.1 Å². The van der Waals surface area contributed by atoms with Gasteiger partial charge in [0.1, 0.15) is 35.2 Å². The van der Waals surface area contributed by atoms with E-state index in [1.807, 2.05) is 26.0 Å². The van der Waals surface area contributed by atoms with E-state index in [9.17, 15) is 27.6 Å². The molecule has 3 N–H and O–H groups in total. The Morgan fingerprint density at radius 1 is 1.11 bits per heavy atom. The van der Waals surface area contributed by atoms with Gasteiger partial charge in [-0.2, -0.15) is 0 Å². The van der Waals surface area contributed by atoms with Gasteiger partial charge < -0.3 is 34.5 Å². The highest BCUT2D eigenvalue weighted by atomic mass is 32.2. The Hall–Kier alpha value is -4.60. The van der Waals surface area contributed by atoms with Crippen LogP contribution in [0.25, 0.3) is 10.9 Å². The molecule has 1 aromatic heterocycles. The van der Waals surface area contributed by atoms with Gasteiger partial charge in [0.05, 0.1) is 37.6 Å². The molecule has 3 saturated carbocycles. The van der Waals surface area contributed by atoms with Crippen molar-refractivity contribution >= 4 is 44.7 Å². The van der Waals surface area contributed by atoms with Gasteiger partial charge in [-0.15, -0.1) is 6.58 Å². The minimum atomic E-state index is -3.91. The van der Waals surface area contributed by atoms with Crippen LogP contribution in [0.4, 0.5) is 4.79 Å². The molecule has 3 aliphatic carbocycles. The number of alkyl carbamates (subject to hydrolysis) is 1. The molecule has 4 bridgehead atoms. The summed E-state index contributed by atoms with van der Waals surface area (Å²) in [5.41, 5.74) is -0.0193. The zero-order chi connectivity index (χ0) is 40.5. The average Bonchev–Trinajstić information content (AvgIpc) is 4.12. The van der Waals surface area contributed by atoms with Crippen molar-refractivity contribution in [2.75, 3.05) is 26.9 Å². The van der Waals surface area contributed by atoms with Crippen molar-refractivity contribution in [1.82, 2.24) is 25.2 Å². The van der Waals surface area contributed by atoms with Gasteiger partial charge >= 0.3 is 6.09 Å². The summed E-state index contributed by atoms with van der Waals surface area (Å²) in [6, 6.07) is 3.46. The molecule has 57 heavy (non-hydrogen) atoms. The third kappa shape index (κ3) is 8.80. The van der Waals surface area contributed by atoms with Gasteiger partial charge in [-0.1, -0.05) is 32.3 Å². The molecule has 3 heterocycles. The lowest BCUT2D eigenvalue weighted by molar-refractivity contribution is -0.142. The number of benzene rings is 1. The maximum Gasteiger partial charge on any atom is 0.407 e. The largest absolute Gasteiger partial charge is 0.496 e. The first-order valence-corrected chi connectivity index (χ1v) is 22.0. The SMILES string of the molecule is C=C[C@@H]1C[C@]1(NC(=O)[C@@H]1C[C@@H]2CN1C(=O)[C@H](C1CCCCC1)NC(=O)OC[C@H](C)CCCc1cc3c(cc(OCC)nc3cc1OC)O2)C(=O)NS(=O)(=O)C1CC1. The highest BCUT2D eigenvalue weighted by Gasteiger charge is 2.62. The normalized spacial score (nSPS) is 28.6. The van der Waals surface area contributed by atoms with E-state index in [0.717, 1.165) is 37.7 Å². The predicted molar refractivity (Wildman–Crippen MR) is 210 cm³/mol. The Labute approximate surface area is 334 Å². The van der Waals surface area contributed by atoms with Gasteiger partial charge in [0, 0.05) is 29.9 Å². The van der Waals surface area contributed by atoms with E-state index in [0.29, 0.717) is 67.0 Å². The maximum absolute atomic E-state index is 14.9. The molecule has 5 aliphatic rings. The van der Waals surface area contributed by atoms with E-state index in [4.69, 9.17) is 23.9 Å². The summed E-state index contributed by atoms with van der Waals surface area (Å²) in [5, 5.41) is 5.81. The molecule has 0 unspecified atom stereocenters. The third-order valence-electron chi connectivity index (χ3n) is 12.1. The van der Waals surface area contributed by atoms with Crippen LogP contribution in [0.1, 0.15) is 90.0 Å². The Balaban J connectivity index is 1.26. The van der Waals surface area contributed by atoms with Crippen molar-refractivity contribution in [3.8, 4) is 17.4 Å². The number of carbonyl (C=O) groups is 4. The molecule has 4 fully saturated rings. The summed E-state index contributed by atoms with van der Waals surface area (Å²) in [6.07, 6.45) is 7.74. The van der Waals surface area contributed by atoms with Crippen LogP contribution >= 0.6 is 0 Å².